The third-order valence-corrected chi connectivity index (χ3v) is 6.57. The molecule has 4 aromatic carbocycles. The number of rotatable bonds is 10. The standard InChI is InChI=1S/2C18H18O3/c2*1-3-13-4-6-14(7-5-13)8-11-17(19)16-10-9-15(21-2)12-18(16)20/h2*4-12,20H,3H2,1-2H3/b2*11-8+. The second-order valence-corrected chi connectivity index (χ2v) is 9.35. The van der Waals surface area contributed by atoms with Crippen LogP contribution in [0.5, 0.6) is 23.0 Å². The van der Waals surface area contributed by atoms with Crippen LogP contribution >= 0.6 is 0 Å². The van der Waals surface area contributed by atoms with Gasteiger partial charge in [0.05, 0.1) is 25.3 Å². The van der Waals surface area contributed by atoms with Crippen molar-refractivity contribution in [1.82, 2.24) is 0 Å². The zero-order chi connectivity index (χ0) is 30.5. The smallest absolute Gasteiger partial charge is 0.189 e. The molecule has 0 aliphatic carbocycles. The number of hydrogen-bond acceptors (Lipinski definition) is 6. The highest BCUT2D eigenvalue weighted by atomic mass is 16.5. The van der Waals surface area contributed by atoms with Crippen LogP contribution in [0.3, 0.4) is 0 Å². The summed E-state index contributed by atoms with van der Waals surface area (Å²) < 4.78 is 9.98. The molecule has 0 aliphatic rings. The van der Waals surface area contributed by atoms with Crippen LogP contribution in [0.15, 0.2) is 97.1 Å². The molecule has 6 nitrogen and oxygen atoms in total. The zero-order valence-corrected chi connectivity index (χ0v) is 24.3. The fourth-order valence-corrected chi connectivity index (χ4v) is 3.95. The van der Waals surface area contributed by atoms with Gasteiger partial charge in [-0.3, -0.25) is 9.59 Å². The summed E-state index contributed by atoms with van der Waals surface area (Å²) in [5.74, 6) is 0.395. The molecular weight excluding hydrogens is 528 g/mol. The van der Waals surface area contributed by atoms with Crippen LogP contribution in [0.25, 0.3) is 12.2 Å². The van der Waals surface area contributed by atoms with Gasteiger partial charge in [-0.15, -0.1) is 0 Å². The summed E-state index contributed by atoms with van der Waals surface area (Å²) in [4.78, 5) is 24.1. The first-order chi connectivity index (χ1) is 20.3. The predicted molar refractivity (Wildman–Crippen MR) is 168 cm³/mol. The van der Waals surface area contributed by atoms with E-state index in [4.69, 9.17) is 9.47 Å². The number of aryl methyl sites for hydroxylation is 2. The summed E-state index contributed by atoms with van der Waals surface area (Å²) in [5.41, 5.74) is 4.94. The molecule has 0 aliphatic heterocycles. The molecule has 0 fully saturated rings. The quantitative estimate of drug-likeness (QED) is 0.151. The maximum absolute atomic E-state index is 12.1. The van der Waals surface area contributed by atoms with Gasteiger partial charge in [-0.1, -0.05) is 74.5 Å². The minimum Gasteiger partial charge on any atom is -0.507 e. The molecule has 0 radical (unpaired) electrons. The largest absolute Gasteiger partial charge is 0.507 e. The Morgan fingerprint density at radius 2 is 0.952 bits per heavy atom. The van der Waals surface area contributed by atoms with Crippen molar-refractivity contribution in [3.05, 3.63) is 130 Å². The van der Waals surface area contributed by atoms with E-state index >= 15 is 0 Å². The molecular formula is C36H36O6. The van der Waals surface area contributed by atoms with Crippen molar-refractivity contribution in [2.75, 3.05) is 14.2 Å². The minimum atomic E-state index is -0.241. The summed E-state index contributed by atoms with van der Waals surface area (Å²) in [6.07, 6.45) is 8.38. The number of aromatic hydroxyl groups is 2. The van der Waals surface area contributed by atoms with E-state index in [-0.39, 0.29) is 34.2 Å². The molecule has 0 saturated carbocycles. The fraction of sp³-hybridized carbons (Fsp3) is 0.167. The summed E-state index contributed by atoms with van der Waals surface area (Å²) in [6.45, 7) is 4.20. The molecule has 4 aromatic rings. The van der Waals surface area contributed by atoms with E-state index in [0.29, 0.717) is 11.5 Å². The van der Waals surface area contributed by atoms with E-state index < -0.39 is 0 Å². The topological polar surface area (TPSA) is 93.1 Å². The molecule has 0 bridgehead atoms. The first-order valence-electron chi connectivity index (χ1n) is 13.6. The SMILES string of the molecule is CCc1ccc(/C=C/C(=O)c2ccc(OC)cc2O)cc1.CCc1ccc(/C=C/C(=O)c2ccc(OC)cc2O)cc1. The van der Waals surface area contributed by atoms with Crippen LogP contribution in [0.2, 0.25) is 0 Å². The van der Waals surface area contributed by atoms with Gasteiger partial charge in [0.2, 0.25) is 0 Å². The van der Waals surface area contributed by atoms with E-state index in [1.165, 1.54) is 49.6 Å². The van der Waals surface area contributed by atoms with E-state index in [1.807, 2.05) is 48.5 Å². The van der Waals surface area contributed by atoms with Crippen molar-refractivity contribution in [1.29, 1.82) is 0 Å². The van der Waals surface area contributed by atoms with Crippen LogP contribution in [-0.2, 0) is 12.8 Å². The number of allylic oxidation sites excluding steroid dienone is 2. The molecule has 42 heavy (non-hydrogen) atoms. The van der Waals surface area contributed by atoms with Gasteiger partial charge < -0.3 is 19.7 Å². The Kier molecular flexibility index (Phi) is 11.7. The number of hydrogen-bond donors (Lipinski definition) is 2. The molecule has 0 saturated heterocycles. The molecule has 0 amide bonds. The third-order valence-electron chi connectivity index (χ3n) is 6.57. The lowest BCUT2D eigenvalue weighted by Gasteiger charge is -2.04. The van der Waals surface area contributed by atoms with E-state index in [0.717, 1.165) is 24.0 Å². The van der Waals surface area contributed by atoms with E-state index in [2.05, 4.69) is 13.8 Å². The fourth-order valence-electron chi connectivity index (χ4n) is 3.95. The molecule has 0 unspecified atom stereocenters. The normalized spacial score (nSPS) is 10.8. The summed E-state index contributed by atoms with van der Waals surface area (Å²) in [7, 11) is 3.02. The van der Waals surface area contributed by atoms with Gasteiger partial charge >= 0.3 is 0 Å². The Labute approximate surface area is 247 Å². The molecule has 0 spiro atoms. The highest BCUT2D eigenvalue weighted by Gasteiger charge is 2.10. The summed E-state index contributed by atoms with van der Waals surface area (Å²) >= 11 is 0. The highest BCUT2D eigenvalue weighted by Crippen LogP contribution is 2.25. The number of carbonyl (C=O) groups is 2. The van der Waals surface area contributed by atoms with E-state index in [1.54, 1.807) is 36.4 Å². The lowest BCUT2D eigenvalue weighted by Crippen LogP contribution is -1.95. The minimum absolute atomic E-state index is 0.0784. The van der Waals surface area contributed by atoms with E-state index in [9.17, 15) is 19.8 Å². The Morgan fingerprint density at radius 3 is 1.24 bits per heavy atom. The summed E-state index contributed by atoms with van der Waals surface area (Å²) in [5, 5.41) is 19.6. The monoisotopic (exact) mass is 564 g/mol. The Hall–Kier alpha value is -5.10. The Balaban J connectivity index is 0.000000230. The van der Waals surface area contributed by atoms with Crippen molar-refractivity contribution in [2.24, 2.45) is 0 Å². The van der Waals surface area contributed by atoms with Gasteiger partial charge in [0.25, 0.3) is 0 Å². The van der Waals surface area contributed by atoms with Crippen molar-refractivity contribution >= 4 is 23.7 Å². The average Bonchev–Trinajstić information content (AvgIpc) is 3.03. The van der Waals surface area contributed by atoms with Crippen LogP contribution in [0, 0.1) is 0 Å². The van der Waals surface area contributed by atoms with Crippen molar-refractivity contribution in [3.63, 3.8) is 0 Å². The summed E-state index contributed by atoms with van der Waals surface area (Å²) in [6, 6.07) is 25.3. The van der Waals surface area contributed by atoms with Gasteiger partial charge in [-0.25, -0.2) is 0 Å². The number of phenolic OH excluding ortho intramolecular Hbond substituents is 2. The molecule has 2 N–H and O–H groups in total. The Bertz CT molecular complexity index is 1430. The first kappa shape index (κ1) is 31.4. The lowest BCUT2D eigenvalue weighted by atomic mass is 10.1. The number of carbonyl (C=O) groups excluding carboxylic acids is 2. The molecule has 6 heteroatoms. The Morgan fingerprint density at radius 1 is 0.595 bits per heavy atom. The van der Waals surface area contributed by atoms with Gasteiger partial charge in [-0.2, -0.15) is 0 Å². The number of phenols is 2. The number of ether oxygens (including phenoxy) is 2. The van der Waals surface area contributed by atoms with Crippen molar-refractivity contribution in [3.8, 4) is 23.0 Å². The molecule has 216 valence electrons. The second-order valence-electron chi connectivity index (χ2n) is 9.35. The highest BCUT2D eigenvalue weighted by molar-refractivity contribution is 6.09. The van der Waals surface area contributed by atoms with Crippen molar-refractivity contribution < 1.29 is 29.3 Å². The molecule has 0 aromatic heterocycles. The average molecular weight is 565 g/mol. The van der Waals surface area contributed by atoms with Gasteiger partial charge in [0.15, 0.2) is 11.6 Å². The number of ketones is 2. The number of methoxy groups -OCH3 is 2. The lowest BCUT2D eigenvalue weighted by molar-refractivity contribution is 0.103. The van der Waals surface area contributed by atoms with Crippen molar-refractivity contribution in [2.45, 2.75) is 26.7 Å². The first-order valence-corrected chi connectivity index (χ1v) is 13.6. The molecule has 4 rings (SSSR count). The van der Waals surface area contributed by atoms with Crippen LogP contribution in [-0.4, -0.2) is 36.0 Å². The molecule has 0 heterocycles. The van der Waals surface area contributed by atoms with Gasteiger partial charge in [0.1, 0.15) is 23.0 Å². The maximum atomic E-state index is 12.1. The van der Waals surface area contributed by atoms with Crippen LogP contribution in [0.4, 0.5) is 0 Å². The number of benzene rings is 4. The maximum Gasteiger partial charge on any atom is 0.189 e. The third kappa shape index (κ3) is 8.96. The molecule has 0 atom stereocenters. The predicted octanol–water partition coefficient (Wildman–Crippen LogP) is 7.72. The zero-order valence-electron chi connectivity index (χ0n) is 24.3. The second kappa shape index (κ2) is 15.6. The van der Waals surface area contributed by atoms with Crippen LogP contribution in [0.1, 0.15) is 56.8 Å². The van der Waals surface area contributed by atoms with Gasteiger partial charge in [0, 0.05) is 12.1 Å². The van der Waals surface area contributed by atoms with Crippen LogP contribution < -0.4 is 9.47 Å². The van der Waals surface area contributed by atoms with Gasteiger partial charge in [-0.05, 0) is 71.5 Å².